The Bertz CT molecular complexity index is 777. The van der Waals surface area contributed by atoms with E-state index in [-0.39, 0.29) is 5.92 Å². The number of benzene rings is 2. The van der Waals surface area contributed by atoms with E-state index >= 15 is 0 Å². The predicted octanol–water partition coefficient (Wildman–Crippen LogP) is 4.15. The first-order valence-corrected chi connectivity index (χ1v) is 9.58. The summed E-state index contributed by atoms with van der Waals surface area (Å²) in [5.41, 5.74) is 3.51. The number of hydrogen-bond acceptors (Lipinski definition) is 2. The lowest BCUT2D eigenvalue weighted by Crippen LogP contribution is -2.31. The van der Waals surface area contributed by atoms with Gasteiger partial charge in [0.2, 0.25) is 0 Å². The van der Waals surface area contributed by atoms with E-state index in [0.29, 0.717) is 5.02 Å². The van der Waals surface area contributed by atoms with E-state index < -0.39 is 11.0 Å². The maximum absolute atomic E-state index is 12.2. The molecule has 2 atom stereocenters. The fraction of sp³-hybridized carbons (Fsp3) is 0.333. The number of nitrogens with zero attached hydrogens (tertiary/aromatic N) is 2. The molecule has 0 aromatic heterocycles. The number of likely N-dealkylation sites (N-methyl/N-ethyl adjacent to an activating group) is 1. The summed E-state index contributed by atoms with van der Waals surface area (Å²) in [5.74, 6) is 0.205. The largest absolute Gasteiger partial charge is 0.301 e. The molecule has 0 N–H and O–H groups in total. The molecule has 0 saturated carbocycles. The first-order valence-electron chi connectivity index (χ1n) is 7.72. The zero-order valence-corrected chi connectivity index (χ0v) is 16.3. The molecule has 128 valence electrons. The van der Waals surface area contributed by atoms with Gasteiger partial charge in [-0.2, -0.15) is 0 Å². The first kappa shape index (κ1) is 17.9. The summed E-state index contributed by atoms with van der Waals surface area (Å²) in [6.07, 6.45) is 0. The van der Waals surface area contributed by atoms with Crippen molar-refractivity contribution in [2.24, 2.45) is 0 Å². The van der Waals surface area contributed by atoms with Crippen LogP contribution < -0.4 is 0 Å². The molecule has 0 spiro atoms. The number of fused-ring (bicyclic) bond motifs is 1. The standard InChI is InChI=1S/C18H20Cl2N2OS/c1-21(2)24(23)14-6-4-12(5-7-14)16-10-22(3)11-17-15(16)8-13(19)9-18(17)20/h4-9,16H,10-11H2,1-3H3. The Hall–Kier alpha value is -0.910. The van der Waals surface area contributed by atoms with Crippen LogP contribution in [0.5, 0.6) is 0 Å². The quantitative estimate of drug-likeness (QED) is 0.795. The minimum atomic E-state index is -1.13. The molecule has 3 nitrogen and oxygen atoms in total. The van der Waals surface area contributed by atoms with Gasteiger partial charge in [0, 0.05) is 29.1 Å². The van der Waals surface area contributed by atoms with Gasteiger partial charge < -0.3 is 4.90 Å². The zero-order valence-electron chi connectivity index (χ0n) is 13.9. The van der Waals surface area contributed by atoms with Crippen LogP contribution in [0.4, 0.5) is 0 Å². The lowest BCUT2D eigenvalue weighted by atomic mass is 9.85. The van der Waals surface area contributed by atoms with Crippen LogP contribution in [0.2, 0.25) is 10.0 Å². The second-order valence-corrected chi connectivity index (χ2v) is 8.88. The number of hydrogen-bond donors (Lipinski definition) is 0. The predicted molar refractivity (Wildman–Crippen MR) is 101 cm³/mol. The molecule has 2 aromatic rings. The topological polar surface area (TPSA) is 23.6 Å². The monoisotopic (exact) mass is 382 g/mol. The van der Waals surface area contributed by atoms with Crippen LogP contribution in [0.3, 0.4) is 0 Å². The minimum absolute atomic E-state index is 0.205. The molecule has 1 aliphatic rings. The lowest BCUT2D eigenvalue weighted by molar-refractivity contribution is 0.295. The van der Waals surface area contributed by atoms with Gasteiger partial charge in [0.05, 0.1) is 4.90 Å². The molecule has 1 aliphatic heterocycles. The van der Waals surface area contributed by atoms with Gasteiger partial charge in [0.15, 0.2) is 0 Å². The number of halogens is 2. The fourth-order valence-corrected chi connectivity index (χ4v) is 4.52. The van der Waals surface area contributed by atoms with Crippen molar-refractivity contribution < 1.29 is 4.21 Å². The second kappa shape index (κ2) is 7.14. The van der Waals surface area contributed by atoms with Crippen LogP contribution in [0.15, 0.2) is 41.3 Å². The summed E-state index contributed by atoms with van der Waals surface area (Å²) in [6.45, 7) is 1.73. The maximum Gasteiger partial charge on any atom is 0.127 e. The molecule has 24 heavy (non-hydrogen) atoms. The van der Waals surface area contributed by atoms with Gasteiger partial charge in [0.25, 0.3) is 0 Å². The van der Waals surface area contributed by atoms with Crippen LogP contribution in [0.1, 0.15) is 22.6 Å². The van der Waals surface area contributed by atoms with E-state index in [0.717, 1.165) is 28.6 Å². The van der Waals surface area contributed by atoms with Crippen LogP contribution in [0, 0.1) is 0 Å². The summed E-state index contributed by atoms with van der Waals surface area (Å²) in [7, 11) is 4.58. The Labute approximate surface area is 155 Å². The summed E-state index contributed by atoms with van der Waals surface area (Å²) in [6, 6.07) is 11.8. The van der Waals surface area contributed by atoms with Gasteiger partial charge in [-0.25, -0.2) is 8.51 Å². The Morgan fingerprint density at radius 1 is 1.17 bits per heavy atom. The number of rotatable bonds is 3. The first-order chi connectivity index (χ1) is 11.4. The molecule has 3 rings (SSSR count). The van der Waals surface area contributed by atoms with Crippen molar-refractivity contribution >= 4 is 34.2 Å². The van der Waals surface area contributed by atoms with Gasteiger partial charge >= 0.3 is 0 Å². The highest BCUT2D eigenvalue weighted by Crippen LogP contribution is 2.38. The van der Waals surface area contributed by atoms with Gasteiger partial charge in [-0.1, -0.05) is 35.3 Å². The molecule has 0 fully saturated rings. The third kappa shape index (κ3) is 3.53. The summed E-state index contributed by atoms with van der Waals surface area (Å²) in [5, 5.41) is 1.39. The molecule has 6 heteroatoms. The van der Waals surface area contributed by atoms with E-state index in [1.807, 2.05) is 24.3 Å². The Morgan fingerprint density at radius 3 is 2.46 bits per heavy atom. The zero-order chi connectivity index (χ0) is 17.4. The van der Waals surface area contributed by atoms with E-state index in [4.69, 9.17) is 23.2 Å². The van der Waals surface area contributed by atoms with Crippen LogP contribution in [-0.4, -0.2) is 41.1 Å². The van der Waals surface area contributed by atoms with Crippen molar-refractivity contribution in [2.75, 3.05) is 27.7 Å². The molecule has 1 heterocycles. The molecule has 0 radical (unpaired) electrons. The molecule has 2 aromatic carbocycles. The minimum Gasteiger partial charge on any atom is -0.301 e. The molecule has 0 amide bonds. The van der Waals surface area contributed by atoms with Crippen LogP contribution in [-0.2, 0) is 17.5 Å². The third-order valence-corrected chi connectivity index (χ3v) is 6.20. The molecular weight excluding hydrogens is 363 g/mol. The summed E-state index contributed by atoms with van der Waals surface area (Å²) >= 11 is 12.6. The van der Waals surface area contributed by atoms with Crippen LogP contribution in [0.25, 0.3) is 0 Å². The normalized spacial score (nSPS) is 19.3. The molecule has 0 saturated heterocycles. The average Bonchev–Trinajstić information content (AvgIpc) is 2.54. The van der Waals surface area contributed by atoms with Crippen molar-refractivity contribution in [3.05, 3.63) is 63.1 Å². The average molecular weight is 383 g/mol. The van der Waals surface area contributed by atoms with Gasteiger partial charge in [0.1, 0.15) is 11.0 Å². The Balaban J connectivity index is 2.00. The van der Waals surface area contributed by atoms with Crippen molar-refractivity contribution in [1.29, 1.82) is 0 Å². The smallest absolute Gasteiger partial charge is 0.127 e. The highest BCUT2D eigenvalue weighted by molar-refractivity contribution is 7.82. The highest BCUT2D eigenvalue weighted by atomic mass is 35.5. The second-order valence-electron chi connectivity index (χ2n) is 6.34. The van der Waals surface area contributed by atoms with Gasteiger partial charge in [-0.3, -0.25) is 0 Å². The maximum atomic E-state index is 12.2. The Morgan fingerprint density at radius 2 is 1.83 bits per heavy atom. The van der Waals surface area contributed by atoms with Crippen molar-refractivity contribution in [3.63, 3.8) is 0 Å². The summed E-state index contributed by atoms with van der Waals surface area (Å²) in [4.78, 5) is 3.07. The van der Waals surface area contributed by atoms with E-state index in [9.17, 15) is 4.21 Å². The van der Waals surface area contributed by atoms with Crippen molar-refractivity contribution in [3.8, 4) is 0 Å². The van der Waals surface area contributed by atoms with Gasteiger partial charge in [-0.15, -0.1) is 0 Å². The van der Waals surface area contributed by atoms with Crippen LogP contribution >= 0.6 is 23.2 Å². The molecule has 0 aliphatic carbocycles. The summed E-state index contributed by atoms with van der Waals surface area (Å²) < 4.78 is 13.9. The van der Waals surface area contributed by atoms with E-state index in [2.05, 4.69) is 24.1 Å². The Kier molecular flexibility index (Phi) is 5.33. The SMILES string of the molecule is CN1Cc2c(Cl)cc(Cl)cc2C(c2ccc(S(=O)N(C)C)cc2)C1. The van der Waals surface area contributed by atoms with E-state index in [1.165, 1.54) is 11.1 Å². The third-order valence-electron chi connectivity index (χ3n) is 4.31. The van der Waals surface area contributed by atoms with Crippen molar-refractivity contribution in [2.45, 2.75) is 17.4 Å². The van der Waals surface area contributed by atoms with Crippen molar-refractivity contribution in [1.82, 2.24) is 9.21 Å². The fourth-order valence-electron chi connectivity index (χ4n) is 3.16. The lowest BCUT2D eigenvalue weighted by Gasteiger charge is -2.33. The van der Waals surface area contributed by atoms with Gasteiger partial charge in [-0.05, 0) is 62.1 Å². The van der Waals surface area contributed by atoms with E-state index in [1.54, 1.807) is 18.4 Å². The highest BCUT2D eigenvalue weighted by Gasteiger charge is 2.27. The molecule has 0 bridgehead atoms. The molecule has 2 unspecified atom stereocenters. The molecular formula is C18H20Cl2N2OS.